The van der Waals surface area contributed by atoms with Crippen molar-refractivity contribution in [2.75, 3.05) is 19.6 Å². The van der Waals surface area contributed by atoms with Crippen molar-refractivity contribution in [2.45, 2.75) is 105 Å². The number of Topliss-reactive ketones (excluding diaryl/α,β-unsaturated/α-hetero) is 2. The van der Waals surface area contributed by atoms with E-state index in [1.807, 2.05) is 0 Å². The largest absolute Gasteiger partial charge is 0.461 e. The van der Waals surface area contributed by atoms with Crippen LogP contribution in [-0.2, 0) is 19.1 Å². The molecule has 4 rings (SSSR count). The van der Waals surface area contributed by atoms with E-state index in [9.17, 15) is 14.4 Å². The summed E-state index contributed by atoms with van der Waals surface area (Å²) in [6.07, 6.45) is 9.26. The molecule has 0 aromatic rings. The fourth-order valence-corrected chi connectivity index (χ4v) is 9.20. The zero-order chi connectivity index (χ0) is 24.7. The van der Waals surface area contributed by atoms with Crippen molar-refractivity contribution in [1.82, 2.24) is 4.90 Å². The maximum Gasteiger partial charge on any atom is 0.320 e. The Labute approximate surface area is 206 Å². The third-order valence-electron chi connectivity index (χ3n) is 10.6. The second-order valence-electron chi connectivity index (χ2n) is 12.6. The third-order valence-corrected chi connectivity index (χ3v) is 10.6. The van der Waals surface area contributed by atoms with Gasteiger partial charge in [0.2, 0.25) is 0 Å². The van der Waals surface area contributed by atoms with E-state index in [2.05, 4.69) is 32.6 Å². The third kappa shape index (κ3) is 4.51. The van der Waals surface area contributed by atoms with Gasteiger partial charge >= 0.3 is 5.97 Å². The quantitative estimate of drug-likeness (QED) is 0.439. The molecule has 0 N–H and O–H groups in total. The average molecular weight is 474 g/mol. The molecule has 0 aliphatic heterocycles. The molecule has 0 bridgehead atoms. The lowest BCUT2D eigenvalue weighted by molar-refractivity contribution is -0.195. The molecule has 0 aromatic carbocycles. The highest BCUT2D eigenvalue weighted by atomic mass is 16.5. The minimum Gasteiger partial charge on any atom is -0.461 e. The van der Waals surface area contributed by atoms with Crippen LogP contribution in [0.15, 0.2) is 0 Å². The van der Waals surface area contributed by atoms with Gasteiger partial charge in [-0.3, -0.25) is 19.3 Å². The summed E-state index contributed by atoms with van der Waals surface area (Å²) < 4.78 is 6.45. The first kappa shape index (κ1) is 25.9. The maximum atomic E-state index is 13.3. The molecule has 5 nitrogen and oxygen atoms in total. The van der Waals surface area contributed by atoms with E-state index in [0.717, 1.165) is 64.5 Å². The maximum absolute atomic E-state index is 13.3. The molecule has 0 radical (unpaired) electrons. The van der Waals surface area contributed by atoms with Gasteiger partial charge in [0.25, 0.3) is 0 Å². The second kappa shape index (κ2) is 10.0. The number of esters is 1. The summed E-state index contributed by atoms with van der Waals surface area (Å²) in [4.78, 5) is 40.5. The highest BCUT2D eigenvalue weighted by Crippen LogP contribution is 2.67. The van der Waals surface area contributed by atoms with E-state index in [4.69, 9.17) is 4.74 Å². The topological polar surface area (TPSA) is 63.7 Å². The number of ether oxygens (including phenoxy) is 1. The Hall–Kier alpha value is -1.23. The molecule has 34 heavy (non-hydrogen) atoms. The van der Waals surface area contributed by atoms with Crippen molar-refractivity contribution in [3.05, 3.63) is 0 Å². The predicted molar refractivity (Wildman–Crippen MR) is 133 cm³/mol. The van der Waals surface area contributed by atoms with Crippen molar-refractivity contribution < 1.29 is 19.1 Å². The molecule has 0 saturated heterocycles. The van der Waals surface area contributed by atoms with Crippen LogP contribution in [-0.4, -0.2) is 48.2 Å². The number of carbonyl (C=O) groups is 3. The van der Waals surface area contributed by atoms with E-state index in [0.29, 0.717) is 54.6 Å². The Morgan fingerprint density at radius 2 is 1.74 bits per heavy atom. The van der Waals surface area contributed by atoms with Crippen LogP contribution in [0.1, 0.15) is 98.8 Å². The van der Waals surface area contributed by atoms with Crippen molar-refractivity contribution in [2.24, 2.45) is 40.4 Å². The Morgan fingerprint density at radius 1 is 1.03 bits per heavy atom. The molecule has 4 fully saturated rings. The first-order chi connectivity index (χ1) is 16.1. The molecule has 192 valence electrons. The van der Waals surface area contributed by atoms with E-state index < -0.39 is 0 Å². The van der Waals surface area contributed by atoms with Gasteiger partial charge in [0.05, 0.1) is 6.54 Å². The van der Waals surface area contributed by atoms with Gasteiger partial charge in [-0.25, -0.2) is 0 Å². The molecule has 0 spiro atoms. The molecular formula is C29H47NO4. The van der Waals surface area contributed by atoms with Crippen molar-refractivity contribution in [3.63, 3.8) is 0 Å². The number of hydrogen-bond donors (Lipinski definition) is 0. The van der Waals surface area contributed by atoms with Gasteiger partial charge in [-0.15, -0.1) is 0 Å². The van der Waals surface area contributed by atoms with E-state index in [-0.39, 0.29) is 28.8 Å². The molecule has 0 heterocycles. The standard InChI is InChI=1S/C29H47NO4/c1-6-14-30(15-7-2)18-26(33)34-25-17-29(5)23(19(3)31)10-11-24(29)22-9-8-20-16-21(32)12-13-28(20,4)27(22)25/h20,22-25,27H,6-18H2,1-5H3/t20-,22-,23+,24-,25-,27+,28-,29+/m0/s1. The highest BCUT2D eigenvalue weighted by molar-refractivity contribution is 5.80. The Morgan fingerprint density at radius 3 is 2.38 bits per heavy atom. The minimum absolute atomic E-state index is 0.0456. The molecule has 4 saturated carbocycles. The molecular weight excluding hydrogens is 426 g/mol. The zero-order valence-corrected chi connectivity index (χ0v) is 22.2. The zero-order valence-electron chi connectivity index (χ0n) is 22.2. The van der Waals surface area contributed by atoms with Gasteiger partial charge in [0, 0.05) is 24.7 Å². The number of ketones is 2. The fourth-order valence-electron chi connectivity index (χ4n) is 9.20. The molecule has 4 aliphatic carbocycles. The van der Waals surface area contributed by atoms with Crippen LogP contribution < -0.4 is 0 Å². The first-order valence-electron chi connectivity index (χ1n) is 14.1. The summed E-state index contributed by atoms with van der Waals surface area (Å²) in [5, 5.41) is 0. The predicted octanol–water partition coefficient (Wildman–Crippen LogP) is 5.45. The van der Waals surface area contributed by atoms with Gasteiger partial charge < -0.3 is 4.74 Å². The summed E-state index contributed by atoms with van der Waals surface area (Å²) in [5.74, 6) is 2.39. The van der Waals surface area contributed by atoms with Gasteiger partial charge in [-0.2, -0.15) is 0 Å². The molecule has 8 atom stereocenters. The van der Waals surface area contributed by atoms with Crippen LogP contribution in [0.2, 0.25) is 0 Å². The summed E-state index contributed by atoms with van der Waals surface area (Å²) in [7, 11) is 0. The van der Waals surface area contributed by atoms with Crippen LogP contribution in [0.4, 0.5) is 0 Å². The molecule has 0 unspecified atom stereocenters. The Balaban J connectivity index is 1.63. The van der Waals surface area contributed by atoms with Crippen LogP contribution in [0.5, 0.6) is 0 Å². The summed E-state index contributed by atoms with van der Waals surface area (Å²) >= 11 is 0. The van der Waals surface area contributed by atoms with Crippen molar-refractivity contribution in [3.8, 4) is 0 Å². The normalized spacial score (nSPS) is 41.5. The van der Waals surface area contributed by atoms with Gasteiger partial charge in [0.15, 0.2) is 0 Å². The number of nitrogens with zero attached hydrogens (tertiary/aromatic N) is 1. The Bertz CT molecular complexity index is 789. The SMILES string of the molecule is CCCN(CCC)CC(=O)O[C@H]1C[C@]2(C)[C@@H](C(C)=O)CC[C@H]2[C@@H]2CC[C@H]3CC(=O)CC[C@]3(C)[C@H]21. The van der Waals surface area contributed by atoms with Gasteiger partial charge in [-0.1, -0.05) is 27.7 Å². The molecule has 4 aliphatic rings. The molecule has 0 aromatic heterocycles. The van der Waals surface area contributed by atoms with Gasteiger partial charge in [-0.05, 0) is 100.0 Å². The lowest BCUT2D eigenvalue weighted by Crippen LogP contribution is -2.60. The second-order valence-corrected chi connectivity index (χ2v) is 12.6. The number of carbonyl (C=O) groups excluding carboxylic acids is 3. The number of rotatable bonds is 8. The highest BCUT2D eigenvalue weighted by Gasteiger charge is 2.64. The van der Waals surface area contributed by atoms with Crippen molar-refractivity contribution in [1.29, 1.82) is 0 Å². The summed E-state index contributed by atoms with van der Waals surface area (Å²) in [6, 6.07) is 0. The van der Waals surface area contributed by atoms with Crippen molar-refractivity contribution >= 4 is 17.5 Å². The smallest absolute Gasteiger partial charge is 0.320 e. The molecule has 0 amide bonds. The van der Waals surface area contributed by atoms with Gasteiger partial charge in [0.1, 0.15) is 17.7 Å². The average Bonchev–Trinajstić information content (AvgIpc) is 3.11. The summed E-state index contributed by atoms with van der Waals surface area (Å²) in [6.45, 7) is 12.9. The lowest BCUT2D eigenvalue weighted by Gasteiger charge is -2.62. The fraction of sp³-hybridized carbons (Fsp3) is 0.897. The minimum atomic E-state index is -0.148. The molecule has 5 heteroatoms. The number of hydrogen-bond acceptors (Lipinski definition) is 5. The first-order valence-corrected chi connectivity index (χ1v) is 14.1. The number of fused-ring (bicyclic) bond motifs is 5. The van der Waals surface area contributed by atoms with Crippen LogP contribution in [0, 0.1) is 40.4 Å². The monoisotopic (exact) mass is 473 g/mol. The lowest BCUT2D eigenvalue weighted by atomic mass is 9.44. The van der Waals surface area contributed by atoms with E-state index in [1.165, 1.54) is 0 Å². The van der Waals surface area contributed by atoms with E-state index in [1.54, 1.807) is 6.92 Å². The van der Waals surface area contributed by atoms with E-state index >= 15 is 0 Å². The summed E-state index contributed by atoms with van der Waals surface area (Å²) in [5.41, 5.74) is -0.0396. The Kier molecular flexibility index (Phi) is 7.62. The van der Waals surface area contributed by atoms with Crippen LogP contribution in [0.25, 0.3) is 0 Å². The van der Waals surface area contributed by atoms with Crippen LogP contribution in [0.3, 0.4) is 0 Å². The van der Waals surface area contributed by atoms with Crippen LogP contribution >= 0.6 is 0 Å².